The van der Waals surface area contributed by atoms with Crippen molar-refractivity contribution >= 4 is 5.69 Å². The van der Waals surface area contributed by atoms with Gasteiger partial charge in [0.05, 0.1) is 25.0 Å². The van der Waals surface area contributed by atoms with E-state index in [9.17, 15) is 18.3 Å². The molecule has 1 aromatic carbocycles. The highest BCUT2D eigenvalue weighted by molar-refractivity contribution is 5.43. The largest absolute Gasteiger partial charge is 0.493 e. The lowest BCUT2D eigenvalue weighted by molar-refractivity contribution is -0.208. The van der Waals surface area contributed by atoms with E-state index < -0.39 is 18.8 Å². The highest BCUT2D eigenvalue weighted by Crippen LogP contribution is 2.31. The Morgan fingerprint density at radius 2 is 1.97 bits per heavy atom. The van der Waals surface area contributed by atoms with E-state index in [1.165, 1.54) is 11.1 Å². The Morgan fingerprint density at radius 3 is 2.69 bits per heavy atom. The first-order valence-electron chi connectivity index (χ1n) is 9.83. The summed E-state index contributed by atoms with van der Waals surface area (Å²) in [6.07, 6.45) is -2.97. The molecule has 1 saturated heterocycles. The summed E-state index contributed by atoms with van der Waals surface area (Å²) in [5, 5.41) is 13.2. The third-order valence-corrected chi connectivity index (χ3v) is 5.79. The SMILES string of the molecule is C[C@@H](c1ccc2c(c1)OCC2)N1CCN(c2cnn(CC(O)C(F)(F)F)c2)CC1. The summed E-state index contributed by atoms with van der Waals surface area (Å²) in [7, 11) is 0. The second-order valence-corrected chi connectivity index (χ2v) is 7.64. The smallest absolute Gasteiger partial charge is 0.416 e. The van der Waals surface area contributed by atoms with Crippen molar-refractivity contribution in [3.8, 4) is 5.75 Å². The Balaban J connectivity index is 1.34. The molecule has 9 heteroatoms. The fourth-order valence-corrected chi connectivity index (χ4v) is 3.92. The number of ether oxygens (including phenoxy) is 1. The van der Waals surface area contributed by atoms with Gasteiger partial charge < -0.3 is 14.7 Å². The second kappa shape index (κ2) is 7.87. The summed E-state index contributed by atoms with van der Waals surface area (Å²) in [6, 6.07) is 6.71. The Hall–Kier alpha value is -2.26. The minimum absolute atomic E-state index is 0.260. The van der Waals surface area contributed by atoms with Crippen LogP contribution in [0.4, 0.5) is 18.9 Å². The van der Waals surface area contributed by atoms with Crippen LogP contribution in [0.15, 0.2) is 30.6 Å². The van der Waals surface area contributed by atoms with Gasteiger partial charge in [0.25, 0.3) is 0 Å². The van der Waals surface area contributed by atoms with Crippen LogP contribution in [0.2, 0.25) is 0 Å². The maximum atomic E-state index is 12.5. The van der Waals surface area contributed by atoms with Crippen LogP contribution in [-0.4, -0.2) is 64.9 Å². The van der Waals surface area contributed by atoms with Crippen LogP contribution < -0.4 is 9.64 Å². The van der Waals surface area contributed by atoms with Crippen molar-refractivity contribution in [2.24, 2.45) is 0 Å². The number of aliphatic hydroxyl groups is 1. The molecule has 3 heterocycles. The standard InChI is InChI=1S/C20H25F3N4O2/c1-14(16-3-2-15-4-9-29-18(15)10-16)25-5-7-26(8-6-25)17-11-24-27(12-17)13-19(28)20(21,22)23/h2-3,10-12,14,19,28H,4-9,13H2,1H3/t14-,19?/m0/s1. The van der Waals surface area contributed by atoms with Gasteiger partial charge in [0.15, 0.2) is 6.10 Å². The van der Waals surface area contributed by atoms with Crippen molar-refractivity contribution in [3.05, 3.63) is 41.7 Å². The monoisotopic (exact) mass is 410 g/mol. The van der Waals surface area contributed by atoms with Gasteiger partial charge in [-0.1, -0.05) is 12.1 Å². The van der Waals surface area contributed by atoms with Crippen molar-refractivity contribution in [1.82, 2.24) is 14.7 Å². The number of anilines is 1. The first kappa shape index (κ1) is 20.0. The number of hydrogen-bond donors (Lipinski definition) is 1. The maximum absolute atomic E-state index is 12.5. The topological polar surface area (TPSA) is 53.8 Å². The Labute approximate surface area is 167 Å². The summed E-state index contributed by atoms with van der Waals surface area (Å²) in [5.41, 5.74) is 3.27. The molecule has 0 spiro atoms. The van der Waals surface area contributed by atoms with E-state index in [4.69, 9.17) is 4.74 Å². The molecule has 2 aliphatic heterocycles. The first-order chi connectivity index (χ1) is 13.8. The Bertz CT molecular complexity index is 846. The first-order valence-corrected chi connectivity index (χ1v) is 9.83. The molecule has 2 atom stereocenters. The van der Waals surface area contributed by atoms with E-state index in [1.54, 1.807) is 12.4 Å². The molecule has 0 aliphatic carbocycles. The maximum Gasteiger partial charge on any atom is 0.416 e. The summed E-state index contributed by atoms with van der Waals surface area (Å²) >= 11 is 0. The lowest BCUT2D eigenvalue weighted by Crippen LogP contribution is -2.47. The molecule has 6 nitrogen and oxygen atoms in total. The van der Waals surface area contributed by atoms with Gasteiger partial charge in [0, 0.05) is 44.8 Å². The summed E-state index contributed by atoms with van der Waals surface area (Å²) in [4.78, 5) is 4.50. The zero-order valence-electron chi connectivity index (χ0n) is 16.3. The van der Waals surface area contributed by atoms with Gasteiger partial charge >= 0.3 is 6.18 Å². The highest BCUT2D eigenvalue weighted by Gasteiger charge is 2.38. The second-order valence-electron chi connectivity index (χ2n) is 7.64. The molecule has 2 aromatic rings. The lowest BCUT2D eigenvalue weighted by Gasteiger charge is -2.38. The van der Waals surface area contributed by atoms with Crippen LogP contribution in [-0.2, 0) is 13.0 Å². The molecule has 1 unspecified atom stereocenters. The third-order valence-electron chi connectivity index (χ3n) is 5.79. The van der Waals surface area contributed by atoms with Crippen molar-refractivity contribution in [2.45, 2.75) is 38.2 Å². The average Bonchev–Trinajstić information content (AvgIpc) is 3.35. The van der Waals surface area contributed by atoms with Gasteiger partial charge in [0.2, 0.25) is 0 Å². The number of fused-ring (bicyclic) bond motifs is 1. The molecule has 1 fully saturated rings. The molecule has 0 bridgehead atoms. The van der Waals surface area contributed by atoms with E-state index in [0.29, 0.717) is 0 Å². The van der Waals surface area contributed by atoms with E-state index in [-0.39, 0.29) is 6.04 Å². The summed E-state index contributed by atoms with van der Waals surface area (Å²) in [6.45, 7) is 5.55. The average molecular weight is 410 g/mol. The van der Waals surface area contributed by atoms with Crippen molar-refractivity contribution in [3.63, 3.8) is 0 Å². The number of nitrogens with zero attached hydrogens (tertiary/aromatic N) is 4. The number of hydrogen-bond acceptors (Lipinski definition) is 5. The number of rotatable bonds is 5. The summed E-state index contributed by atoms with van der Waals surface area (Å²) < 4.78 is 44.4. The zero-order valence-corrected chi connectivity index (χ0v) is 16.3. The molecule has 0 amide bonds. The van der Waals surface area contributed by atoms with Crippen molar-refractivity contribution in [1.29, 1.82) is 0 Å². The third kappa shape index (κ3) is 4.35. The fraction of sp³-hybridized carbons (Fsp3) is 0.550. The fourth-order valence-electron chi connectivity index (χ4n) is 3.92. The molecule has 2 aliphatic rings. The van der Waals surface area contributed by atoms with E-state index in [1.807, 2.05) is 0 Å². The van der Waals surface area contributed by atoms with E-state index in [0.717, 1.165) is 55.3 Å². The predicted octanol–water partition coefficient (Wildman–Crippen LogP) is 2.62. The van der Waals surface area contributed by atoms with Gasteiger partial charge in [-0.05, 0) is 24.1 Å². The van der Waals surface area contributed by atoms with Crippen LogP contribution in [0, 0.1) is 0 Å². The van der Waals surface area contributed by atoms with Crippen molar-refractivity contribution in [2.75, 3.05) is 37.7 Å². The van der Waals surface area contributed by atoms with Gasteiger partial charge in [0.1, 0.15) is 5.75 Å². The zero-order chi connectivity index (χ0) is 20.6. The number of piperazine rings is 1. The molecule has 1 aromatic heterocycles. The molecule has 4 rings (SSSR count). The summed E-state index contributed by atoms with van der Waals surface area (Å²) in [5.74, 6) is 0.987. The molecule has 29 heavy (non-hydrogen) atoms. The minimum Gasteiger partial charge on any atom is -0.493 e. The lowest BCUT2D eigenvalue weighted by atomic mass is 10.0. The molecule has 158 valence electrons. The Morgan fingerprint density at radius 1 is 1.21 bits per heavy atom. The highest BCUT2D eigenvalue weighted by atomic mass is 19.4. The normalized spacial score (nSPS) is 19.7. The van der Waals surface area contributed by atoms with E-state index in [2.05, 4.69) is 40.0 Å². The number of aromatic nitrogens is 2. The van der Waals surface area contributed by atoms with Gasteiger partial charge in [-0.15, -0.1) is 0 Å². The van der Waals surface area contributed by atoms with Crippen LogP contribution in [0.25, 0.3) is 0 Å². The Kier molecular flexibility index (Phi) is 5.44. The molecule has 1 N–H and O–H groups in total. The quantitative estimate of drug-likeness (QED) is 0.822. The van der Waals surface area contributed by atoms with E-state index >= 15 is 0 Å². The number of aliphatic hydroxyl groups excluding tert-OH is 1. The molecular formula is C20H25F3N4O2. The van der Waals surface area contributed by atoms with Crippen LogP contribution >= 0.6 is 0 Å². The minimum atomic E-state index is -4.64. The van der Waals surface area contributed by atoms with Crippen LogP contribution in [0.5, 0.6) is 5.75 Å². The number of halogens is 3. The predicted molar refractivity (Wildman–Crippen MR) is 102 cm³/mol. The van der Waals surface area contributed by atoms with Crippen LogP contribution in [0.3, 0.4) is 0 Å². The molecule has 0 saturated carbocycles. The van der Waals surface area contributed by atoms with Gasteiger partial charge in [-0.25, -0.2) is 0 Å². The number of benzene rings is 1. The molecular weight excluding hydrogens is 385 g/mol. The van der Waals surface area contributed by atoms with Crippen molar-refractivity contribution < 1.29 is 23.0 Å². The van der Waals surface area contributed by atoms with Crippen LogP contribution in [0.1, 0.15) is 24.1 Å². The van der Waals surface area contributed by atoms with Gasteiger partial charge in [-0.2, -0.15) is 18.3 Å². The molecule has 0 radical (unpaired) electrons. The number of alkyl halides is 3. The van der Waals surface area contributed by atoms with Gasteiger partial charge in [-0.3, -0.25) is 9.58 Å².